The largest absolute Gasteiger partial charge is 0.507 e. The summed E-state index contributed by atoms with van der Waals surface area (Å²) in [4.78, 5) is 0. The lowest BCUT2D eigenvalue weighted by molar-refractivity contribution is 0.477. The lowest BCUT2D eigenvalue weighted by Crippen LogP contribution is -1.89. The molecule has 172 valence electrons. The third-order valence-electron chi connectivity index (χ3n) is 6.46. The van der Waals surface area contributed by atoms with Crippen LogP contribution in [0.15, 0.2) is 48.5 Å². The highest BCUT2D eigenvalue weighted by molar-refractivity contribution is 5.70. The average molecular weight is 423 g/mol. The Bertz CT molecular complexity index is 676. The first-order valence-corrected chi connectivity index (χ1v) is 13.2. The van der Waals surface area contributed by atoms with Crippen molar-refractivity contribution in [2.24, 2.45) is 0 Å². The summed E-state index contributed by atoms with van der Waals surface area (Å²) in [6.07, 6.45) is 23.6. The van der Waals surface area contributed by atoms with E-state index in [1.807, 2.05) is 24.3 Å². The van der Waals surface area contributed by atoms with Crippen LogP contribution in [0.25, 0.3) is 11.1 Å². The van der Waals surface area contributed by atoms with E-state index in [0.717, 1.165) is 17.5 Å². The van der Waals surface area contributed by atoms with Crippen LogP contribution in [0.5, 0.6) is 5.75 Å². The first-order valence-electron chi connectivity index (χ1n) is 13.2. The molecular weight excluding hydrogens is 376 g/mol. The highest BCUT2D eigenvalue weighted by atomic mass is 16.3. The van der Waals surface area contributed by atoms with Crippen LogP contribution in [0.3, 0.4) is 0 Å². The van der Waals surface area contributed by atoms with Crippen molar-refractivity contribution in [1.82, 2.24) is 0 Å². The molecule has 0 radical (unpaired) electrons. The fraction of sp³-hybridized carbons (Fsp3) is 0.600. The molecule has 2 aromatic carbocycles. The van der Waals surface area contributed by atoms with E-state index >= 15 is 0 Å². The van der Waals surface area contributed by atoms with Crippen LogP contribution < -0.4 is 0 Å². The molecule has 0 bridgehead atoms. The minimum atomic E-state index is 0.377. The van der Waals surface area contributed by atoms with Gasteiger partial charge in [0.2, 0.25) is 0 Å². The van der Waals surface area contributed by atoms with Crippen LogP contribution in [0.4, 0.5) is 0 Å². The number of unbranched alkanes of at least 4 members (excludes halogenated alkanes) is 15. The Morgan fingerprint density at radius 2 is 1.03 bits per heavy atom. The Labute approximate surface area is 192 Å². The van der Waals surface area contributed by atoms with Crippen LogP contribution in [0.2, 0.25) is 0 Å². The zero-order valence-corrected chi connectivity index (χ0v) is 20.1. The Morgan fingerprint density at radius 3 is 1.55 bits per heavy atom. The van der Waals surface area contributed by atoms with Gasteiger partial charge in [-0.05, 0) is 36.1 Å². The van der Waals surface area contributed by atoms with Crippen molar-refractivity contribution >= 4 is 0 Å². The lowest BCUT2D eigenvalue weighted by atomic mass is 9.98. The van der Waals surface area contributed by atoms with Crippen molar-refractivity contribution in [1.29, 1.82) is 0 Å². The molecule has 0 aliphatic rings. The van der Waals surface area contributed by atoms with Gasteiger partial charge in [0, 0.05) is 5.56 Å². The normalized spacial score (nSPS) is 11.1. The maximum atomic E-state index is 10.2. The zero-order chi connectivity index (χ0) is 22.0. The topological polar surface area (TPSA) is 20.2 Å². The third-order valence-corrected chi connectivity index (χ3v) is 6.46. The summed E-state index contributed by atoms with van der Waals surface area (Å²) in [5.74, 6) is 0.377. The molecule has 0 spiro atoms. The molecule has 0 fully saturated rings. The number of hydrogen-bond donors (Lipinski definition) is 1. The van der Waals surface area contributed by atoms with E-state index in [-0.39, 0.29) is 0 Å². The van der Waals surface area contributed by atoms with Crippen LogP contribution in [0, 0.1) is 0 Å². The predicted molar refractivity (Wildman–Crippen MR) is 137 cm³/mol. The average Bonchev–Trinajstić information content (AvgIpc) is 2.80. The maximum Gasteiger partial charge on any atom is 0.123 e. The molecular formula is C30H46O. The maximum absolute atomic E-state index is 10.2. The number of benzene rings is 2. The van der Waals surface area contributed by atoms with Gasteiger partial charge in [0.15, 0.2) is 0 Å². The first-order chi connectivity index (χ1) is 15.3. The van der Waals surface area contributed by atoms with Crippen LogP contribution in [-0.4, -0.2) is 5.11 Å². The first kappa shape index (κ1) is 25.5. The van der Waals surface area contributed by atoms with Gasteiger partial charge < -0.3 is 5.11 Å². The second kappa shape index (κ2) is 16.9. The van der Waals surface area contributed by atoms with Crippen molar-refractivity contribution in [2.45, 2.75) is 116 Å². The van der Waals surface area contributed by atoms with E-state index in [9.17, 15) is 5.11 Å². The summed E-state index contributed by atoms with van der Waals surface area (Å²) in [6.45, 7) is 2.29. The fourth-order valence-electron chi connectivity index (χ4n) is 4.46. The van der Waals surface area contributed by atoms with E-state index < -0.39 is 0 Å². The van der Waals surface area contributed by atoms with Gasteiger partial charge in [-0.1, -0.05) is 140 Å². The second-order valence-electron chi connectivity index (χ2n) is 9.27. The number of hydrogen-bond acceptors (Lipinski definition) is 1. The lowest BCUT2D eigenvalue weighted by Gasteiger charge is -2.08. The van der Waals surface area contributed by atoms with Crippen molar-refractivity contribution in [3.8, 4) is 16.9 Å². The molecule has 0 amide bonds. The van der Waals surface area contributed by atoms with Crippen LogP contribution >= 0.6 is 0 Å². The molecule has 0 saturated heterocycles. The molecule has 0 aliphatic carbocycles. The Hall–Kier alpha value is -1.76. The Kier molecular flexibility index (Phi) is 13.9. The van der Waals surface area contributed by atoms with Crippen molar-refractivity contribution in [3.05, 3.63) is 54.1 Å². The molecule has 0 atom stereocenters. The Morgan fingerprint density at radius 1 is 0.548 bits per heavy atom. The molecule has 2 aromatic rings. The number of aromatic hydroxyl groups is 1. The third kappa shape index (κ3) is 11.4. The Balaban J connectivity index is 1.44. The molecule has 0 unspecified atom stereocenters. The molecule has 0 saturated carbocycles. The number of rotatable bonds is 18. The van der Waals surface area contributed by atoms with Gasteiger partial charge in [-0.25, -0.2) is 0 Å². The summed E-state index contributed by atoms with van der Waals surface area (Å²) >= 11 is 0. The molecule has 0 aromatic heterocycles. The quantitative estimate of drug-likeness (QED) is 0.237. The van der Waals surface area contributed by atoms with Gasteiger partial charge in [-0.2, -0.15) is 0 Å². The molecule has 0 heterocycles. The second-order valence-corrected chi connectivity index (χ2v) is 9.27. The fourth-order valence-corrected chi connectivity index (χ4v) is 4.46. The van der Waals surface area contributed by atoms with Crippen molar-refractivity contribution in [2.75, 3.05) is 0 Å². The minimum absolute atomic E-state index is 0.377. The minimum Gasteiger partial charge on any atom is -0.507 e. The number of phenols is 1. The monoisotopic (exact) mass is 422 g/mol. The SMILES string of the molecule is CCCCCCCCCCCCCCCCCCc1ccc(O)c(-c2ccccc2)c1. The molecule has 31 heavy (non-hydrogen) atoms. The summed E-state index contributed by atoms with van der Waals surface area (Å²) in [5, 5.41) is 10.2. The van der Waals surface area contributed by atoms with E-state index in [4.69, 9.17) is 0 Å². The van der Waals surface area contributed by atoms with Gasteiger partial charge >= 0.3 is 0 Å². The number of aryl methyl sites for hydroxylation is 1. The summed E-state index contributed by atoms with van der Waals surface area (Å²) in [6, 6.07) is 16.3. The summed E-state index contributed by atoms with van der Waals surface area (Å²) in [5.41, 5.74) is 3.38. The highest BCUT2D eigenvalue weighted by Gasteiger charge is 2.05. The van der Waals surface area contributed by atoms with Gasteiger partial charge in [-0.15, -0.1) is 0 Å². The summed E-state index contributed by atoms with van der Waals surface area (Å²) in [7, 11) is 0. The van der Waals surface area contributed by atoms with Gasteiger partial charge in [0.1, 0.15) is 5.75 Å². The van der Waals surface area contributed by atoms with Crippen molar-refractivity contribution < 1.29 is 5.11 Å². The molecule has 1 nitrogen and oxygen atoms in total. The highest BCUT2D eigenvalue weighted by Crippen LogP contribution is 2.30. The van der Waals surface area contributed by atoms with E-state index in [0.29, 0.717) is 5.75 Å². The molecule has 1 N–H and O–H groups in total. The van der Waals surface area contributed by atoms with E-state index in [1.54, 1.807) is 0 Å². The van der Waals surface area contributed by atoms with Gasteiger partial charge in [0.05, 0.1) is 0 Å². The molecule has 2 rings (SSSR count). The molecule has 1 heteroatoms. The van der Waals surface area contributed by atoms with Gasteiger partial charge in [-0.3, -0.25) is 0 Å². The molecule has 0 aliphatic heterocycles. The van der Waals surface area contributed by atoms with Crippen molar-refractivity contribution in [3.63, 3.8) is 0 Å². The van der Waals surface area contributed by atoms with E-state index in [1.165, 1.54) is 108 Å². The standard InChI is InChI=1S/C30H46O/c1-2-3-4-5-6-7-8-9-10-11-12-13-14-15-16-18-21-27-24-25-30(31)29(26-27)28-22-19-17-20-23-28/h17,19-20,22-26,31H,2-16,18,21H2,1H3. The number of phenolic OH excluding ortho intramolecular Hbond substituents is 1. The van der Waals surface area contributed by atoms with E-state index in [2.05, 4.69) is 31.2 Å². The predicted octanol–water partition coefficient (Wildman–Crippen LogP) is 9.86. The van der Waals surface area contributed by atoms with Gasteiger partial charge in [0.25, 0.3) is 0 Å². The zero-order valence-electron chi connectivity index (χ0n) is 20.1. The smallest absolute Gasteiger partial charge is 0.123 e. The summed E-state index contributed by atoms with van der Waals surface area (Å²) < 4.78 is 0. The van der Waals surface area contributed by atoms with Crippen LogP contribution in [0.1, 0.15) is 115 Å². The van der Waals surface area contributed by atoms with Crippen LogP contribution in [-0.2, 0) is 6.42 Å².